The lowest BCUT2D eigenvalue weighted by Crippen LogP contribution is -2.51. The molecule has 3 aliphatic heterocycles. The van der Waals surface area contributed by atoms with Crippen molar-refractivity contribution >= 4 is 17.9 Å². The molecular weight excluding hydrogens is 392 g/mol. The zero-order valence-corrected chi connectivity index (χ0v) is 18.0. The van der Waals surface area contributed by atoms with Crippen LogP contribution in [0.4, 0.5) is 0 Å². The van der Waals surface area contributed by atoms with Gasteiger partial charge in [-0.2, -0.15) is 0 Å². The van der Waals surface area contributed by atoms with Crippen molar-refractivity contribution in [2.24, 2.45) is 4.99 Å². The van der Waals surface area contributed by atoms with Gasteiger partial charge in [0.25, 0.3) is 5.56 Å². The van der Waals surface area contributed by atoms with Crippen LogP contribution in [0.2, 0.25) is 0 Å². The fourth-order valence-electron chi connectivity index (χ4n) is 4.41. The van der Waals surface area contributed by atoms with Crippen LogP contribution in [0.25, 0.3) is 11.6 Å². The molecule has 0 bridgehead atoms. The minimum absolute atomic E-state index is 0.0793. The summed E-state index contributed by atoms with van der Waals surface area (Å²) in [7, 11) is 1.60. The van der Waals surface area contributed by atoms with Gasteiger partial charge in [0.2, 0.25) is 0 Å². The highest BCUT2D eigenvalue weighted by Crippen LogP contribution is 2.27. The first-order valence-corrected chi connectivity index (χ1v) is 10.6. The van der Waals surface area contributed by atoms with Gasteiger partial charge in [0, 0.05) is 56.4 Å². The van der Waals surface area contributed by atoms with Gasteiger partial charge in [-0.3, -0.25) is 25.1 Å². The Hall–Kier alpha value is -3.10. The Bertz CT molecular complexity index is 1180. The van der Waals surface area contributed by atoms with Crippen molar-refractivity contribution in [3.63, 3.8) is 0 Å². The average Bonchev–Trinajstić information content (AvgIpc) is 3.19. The second kappa shape index (κ2) is 7.86. The van der Waals surface area contributed by atoms with E-state index in [1.807, 2.05) is 18.5 Å². The maximum Gasteiger partial charge on any atom is 0.272 e. The molecule has 2 atom stereocenters. The molecule has 2 unspecified atom stereocenters. The van der Waals surface area contributed by atoms with Crippen LogP contribution in [0.5, 0.6) is 0 Å². The summed E-state index contributed by atoms with van der Waals surface area (Å²) in [5, 5.41) is 0. The summed E-state index contributed by atoms with van der Waals surface area (Å²) in [5.74, 6) is 0.608. The van der Waals surface area contributed by atoms with E-state index < -0.39 is 0 Å². The van der Waals surface area contributed by atoms with Crippen LogP contribution in [0.1, 0.15) is 42.2 Å². The van der Waals surface area contributed by atoms with E-state index in [4.69, 9.17) is 9.72 Å². The van der Waals surface area contributed by atoms with Crippen molar-refractivity contribution in [1.29, 1.82) is 0 Å². The Balaban J connectivity index is 1.41. The topological polar surface area (TPSA) is 84.6 Å². The number of nitrogens with zero attached hydrogens (tertiary/aromatic N) is 5. The minimum atomic E-state index is -0.131. The predicted octanol–water partition coefficient (Wildman–Crippen LogP) is 1.99. The molecule has 8 nitrogen and oxygen atoms in total. The Morgan fingerprint density at radius 1 is 1.32 bits per heavy atom. The summed E-state index contributed by atoms with van der Waals surface area (Å²) in [6.07, 6.45) is 8.81. The molecule has 0 aliphatic carbocycles. The molecule has 0 fully saturated rings. The molecule has 0 radical (unpaired) electrons. The van der Waals surface area contributed by atoms with Crippen molar-refractivity contribution in [2.45, 2.75) is 45.6 Å². The SMILES string of the molecule is COCc1cc(=O)n2c(n1)C=C(C)C(N1CCc3ncc(C4=CC(C)N=C4)cc3C1)N2. The van der Waals surface area contributed by atoms with E-state index in [9.17, 15) is 4.79 Å². The molecule has 160 valence electrons. The fraction of sp³-hybridized carbons (Fsp3) is 0.391. The van der Waals surface area contributed by atoms with E-state index in [1.165, 1.54) is 16.3 Å². The number of methoxy groups -OCH3 is 1. The van der Waals surface area contributed by atoms with E-state index in [2.05, 4.69) is 46.3 Å². The standard InChI is InChI=1S/C23H26N6O2/c1-14-6-21-26-19(13-31-3)9-22(30)29(21)27-23(14)28-5-4-20-18(12-28)8-17(11-25-20)16-7-15(2)24-10-16/h6-11,15,23,27H,4-5,12-13H2,1-3H3. The monoisotopic (exact) mass is 418 g/mol. The largest absolute Gasteiger partial charge is 0.378 e. The average molecular weight is 419 g/mol. The van der Waals surface area contributed by atoms with Gasteiger partial charge in [0.1, 0.15) is 6.17 Å². The summed E-state index contributed by atoms with van der Waals surface area (Å²) < 4.78 is 6.65. The van der Waals surface area contributed by atoms with Crippen LogP contribution in [-0.4, -0.2) is 51.6 Å². The smallest absolute Gasteiger partial charge is 0.272 e. The van der Waals surface area contributed by atoms with E-state index in [-0.39, 0.29) is 17.8 Å². The molecule has 2 aromatic heterocycles. The Morgan fingerprint density at radius 3 is 2.97 bits per heavy atom. The quantitative estimate of drug-likeness (QED) is 0.818. The lowest BCUT2D eigenvalue weighted by Gasteiger charge is -2.38. The van der Waals surface area contributed by atoms with Gasteiger partial charge >= 0.3 is 0 Å². The van der Waals surface area contributed by atoms with E-state index in [0.29, 0.717) is 18.1 Å². The third-order valence-electron chi connectivity index (χ3n) is 5.97. The lowest BCUT2D eigenvalue weighted by molar-refractivity contribution is 0.180. The van der Waals surface area contributed by atoms with Gasteiger partial charge in [0.05, 0.1) is 18.3 Å². The van der Waals surface area contributed by atoms with Crippen LogP contribution in [0.3, 0.4) is 0 Å². The Labute approximate surface area is 181 Å². The second-order valence-electron chi connectivity index (χ2n) is 8.32. The summed E-state index contributed by atoms with van der Waals surface area (Å²) in [4.78, 5) is 28.7. The van der Waals surface area contributed by atoms with E-state index in [1.54, 1.807) is 7.11 Å². The van der Waals surface area contributed by atoms with Crippen LogP contribution >= 0.6 is 0 Å². The van der Waals surface area contributed by atoms with Crippen LogP contribution in [0.15, 0.2) is 39.8 Å². The number of pyridine rings is 1. The Kier molecular flexibility index (Phi) is 5.03. The zero-order valence-electron chi connectivity index (χ0n) is 18.0. The molecule has 3 aliphatic rings. The van der Waals surface area contributed by atoms with Gasteiger partial charge in [-0.1, -0.05) is 6.08 Å². The highest BCUT2D eigenvalue weighted by atomic mass is 16.5. The second-order valence-corrected chi connectivity index (χ2v) is 8.32. The Morgan fingerprint density at radius 2 is 2.19 bits per heavy atom. The number of hydrogen-bond acceptors (Lipinski definition) is 7. The maximum atomic E-state index is 12.6. The number of fused-ring (bicyclic) bond motifs is 2. The van der Waals surface area contributed by atoms with Gasteiger partial charge in [0.15, 0.2) is 5.82 Å². The first-order chi connectivity index (χ1) is 15.0. The van der Waals surface area contributed by atoms with Crippen LogP contribution in [-0.2, 0) is 24.3 Å². The summed E-state index contributed by atoms with van der Waals surface area (Å²) in [6, 6.07) is 3.97. The molecule has 2 aromatic rings. The first-order valence-electron chi connectivity index (χ1n) is 10.6. The summed E-state index contributed by atoms with van der Waals surface area (Å²) in [6.45, 7) is 6.09. The molecule has 0 saturated carbocycles. The predicted molar refractivity (Wildman–Crippen MR) is 120 cm³/mol. The first kappa shape index (κ1) is 19.8. The molecule has 5 rings (SSSR count). The van der Waals surface area contributed by atoms with E-state index >= 15 is 0 Å². The molecule has 1 N–H and O–H groups in total. The lowest BCUT2D eigenvalue weighted by atomic mass is 9.99. The van der Waals surface area contributed by atoms with Gasteiger partial charge in [-0.15, -0.1) is 0 Å². The minimum Gasteiger partial charge on any atom is -0.378 e. The fourth-order valence-corrected chi connectivity index (χ4v) is 4.41. The normalized spacial score (nSPS) is 22.4. The number of ether oxygens (including phenoxy) is 1. The van der Waals surface area contributed by atoms with E-state index in [0.717, 1.165) is 41.9 Å². The molecule has 31 heavy (non-hydrogen) atoms. The third kappa shape index (κ3) is 3.73. The molecular formula is C23H26N6O2. The molecule has 0 aromatic carbocycles. The van der Waals surface area contributed by atoms with Crippen LogP contribution in [0, 0.1) is 0 Å². The van der Waals surface area contributed by atoms with Crippen molar-refractivity contribution in [3.8, 4) is 0 Å². The molecule has 0 saturated heterocycles. The molecule has 8 heteroatoms. The number of allylic oxidation sites excluding steroid dienone is 1. The van der Waals surface area contributed by atoms with Crippen molar-refractivity contribution < 1.29 is 4.74 Å². The van der Waals surface area contributed by atoms with Crippen LogP contribution < -0.4 is 11.0 Å². The van der Waals surface area contributed by atoms with Gasteiger partial charge < -0.3 is 4.74 Å². The molecule has 0 spiro atoms. The van der Waals surface area contributed by atoms with Gasteiger partial charge in [-0.25, -0.2) is 9.66 Å². The third-order valence-corrected chi connectivity index (χ3v) is 5.97. The number of aliphatic imine (C=N–C) groups is 1. The summed E-state index contributed by atoms with van der Waals surface area (Å²) >= 11 is 0. The van der Waals surface area contributed by atoms with Gasteiger partial charge in [-0.05, 0) is 42.7 Å². The molecule has 0 amide bonds. The maximum absolute atomic E-state index is 12.6. The van der Waals surface area contributed by atoms with Crippen molar-refractivity contribution in [1.82, 2.24) is 19.5 Å². The van der Waals surface area contributed by atoms with Crippen molar-refractivity contribution in [3.05, 3.63) is 68.7 Å². The zero-order chi connectivity index (χ0) is 21.5. The highest BCUT2D eigenvalue weighted by molar-refractivity contribution is 6.11. The number of hydrogen-bond donors (Lipinski definition) is 1. The highest BCUT2D eigenvalue weighted by Gasteiger charge is 2.29. The van der Waals surface area contributed by atoms with Crippen molar-refractivity contribution in [2.75, 3.05) is 19.1 Å². The number of rotatable bonds is 4. The number of nitrogens with one attached hydrogen (secondary N) is 1. The molecule has 5 heterocycles. The summed E-state index contributed by atoms with van der Waals surface area (Å²) in [5.41, 5.74) is 9.59. The number of aromatic nitrogens is 3.